The van der Waals surface area contributed by atoms with E-state index in [0.29, 0.717) is 17.9 Å². The van der Waals surface area contributed by atoms with Crippen LogP contribution in [0.5, 0.6) is 5.75 Å². The highest BCUT2D eigenvalue weighted by atomic mass is 16.5. The number of aliphatic carboxylic acids is 1. The minimum Gasteiger partial charge on any atom is -0.480 e. The van der Waals surface area contributed by atoms with Crippen molar-refractivity contribution in [2.45, 2.75) is 6.04 Å². The molecule has 1 aliphatic rings. The van der Waals surface area contributed by atoms with Crippen LogP contribution in [0.4, 0.5) is 0 Å². The Kier molecular flexibility index (Phi) is 2.75. The Hall–Kier alpha value is -2.06. The molecule has 0 saturated carbocycles. The van der Waals surface area contributed by atoms with Crippen molar-refractivity contribution in [3.8, 4) is 11.8 Å². The maximum absolute atomic E-state index is 10.5. The molecule has 0 spiro atoms. The molecule has 1 N–H and O–H groups in total. The summed E-state index contributed by atoms with van der Waals surface area (Å²) in [5, 5.41) is 17.2. The van der Waals surface area contributed by atoms with Gasteiger partial charge in [-0.1, -0.05) is 0 Å². The molecule has 2 rings (SSSR count). The number of hydrogen-bond acceptors (Lipinski definition) is 4. The minimum absolute atomic E-state index is 0.267. The van der Waals surface area contributed by atoms with E-state index in [-0.39, 0.29) is 6.73 Å². The Balaban J connectivity index is 1.82. The van der Waals surface area contributed by atoms with Crippen LogP contribution in [0, 0.1) is 11.3 Å². The summed E-state index contributed by atoms with van der Waals surface area (Å²) in [7, 11) is 0. The van der Waals surface area contributed by atoms with Crippen molar-refractivity contribution in [3.05, 3.63) is 29.8 Å². The Labute approximate surface area is 92.5 Å². The highest BCUT2D eigenvalue weighted by Gasteiger charge is 2.40. The van der Waals surface area contributed by atoms with Crippen molar-refractivity contribution < 1.29 is 14.6 Å². The first-order valence-electron chi connectivity index (χ1n) is 4.80. The molecule has 1 fully saturated rings. The van der Waals surface area contributed by atoms with Gasteiger partial charge in [-0.3, -0.25) is 9.69 Å². The number of carboxylic acids is 1. The summed E-state index contributed by atoms with van der Waals surface area (Å²) in [4.78, 5) is 12.2. The summed E-state index contributed by atoms with van der Waals surface area (Å²) < 4.78 is 5.36. The molecule has 1 aromatic rings. The molecule has 2 unspecified atom stereocenters. The molecular weight excluding hydrogens is 208 g/mol. The molecule has 1 aromatic carbocycles. The molecule has 82 valence electrons. The van der Waals surface area contributed by atoms with Crippen LogP contribution < -0.4 is 4.74 Å². The predicted octanol–water partition coefficient (Wildman–Crippen LogP) is 0.663. The summed E-state index contributed by atoms with van der Waals surface area (Å²) in [6.45, 7) is 0.800. The van der Waals surface area contributed by atoms with E-state index in [4.69, 9.17) is 15.1 Å². The van der Waals surface area contributed by atoms with Crippen LogP contribution >= 0.6 is 0 Å². The van der Waals surface area contributed by atoms with Gasteiger partial charge in [-0.25, -0.2) is 0 Å². The Morgan fingerprint density at radius 1 is 1.56 bits per heavy atom. The van der Waals surface area contributed by atoms with Crippen LogP contribution in [-0.4, -0.2) is 35.3 Å². The number of nitrogens with zero attached hydrogens (tertiary/aromatic N) is 2. The lowest BCUT2D eigenvalue weighted by atomic mass is 10.2. The number of nitriles is 1. The fourth-order valence-corrected chi connectivity index (χ4v) is 1.34. The zero-order valence-electron chi connectivity index (χ0n) is 8.46. The van der Waals surface area contributed by atoms with E-state index in [0.717, 1.165) is 0 Å². The molecule has 1 heterocycles. The van der Waals surface area contributed by atoms with E-state index in [9.17, 15) is 4.79 Å². The van der Waals surface area contributed by atoms with Crippen LogP contribution in [0.3, 0.4) is 0 Å². The molecule has 2 atom stereocenters. The summed E-state index contributed by atoms with van der Waals surface area (Å²) in [6.07, 6.45) is 0. The maximum Gasteiger partial charge on any atom is 0.322 e. The second-order valence-electron chi connectivity index (χ2n) is 3.53. The van der Waals surface area contributed by atoms with Gasteiger partial charge in [0.05, 0.1) is 11.6 Å². The first kappa shape index (κ1) is 10.5. The lowest BCUT2D eigenvalue weighted by Crippen LogP contribution is -2.16. The molecular formula is C11H10N2O3. The summed E-state index contributed by atoms with van der Waals surface area (Å²) >= 11 is 0. The van der Waals surface area contributed by atoms with Gasteiger partial charge in [-0.05, 0) is 24.3 Å². The Morgan fingerprint density at radius 3 is 2.75 bits per heavy atom. The van der Waals surface area contributed by atoms with Crippen molar-refractivity contribution in [1.82, 2.24) is 4.90 Å². The predicted molar refractivity (Wildman–Crippen MR) is 54.8 cm³/mol. The first-order chi connectivity index (χ1) is 7.70. The molecule has 0 amide bonds. The molecule has 0 aromatic heterocycles. The van der Waals surface area contributed by atoms with Gasteiger partial charge in [0, 0.05) is 6.54 Å². The minimum atomic E-state index is -0.816. The van der Waals surface area contributed by atoms with Gasteiger partial charge in [-0.15, -0.1) is 0 Å². The number of benzene rings is 1. The number of ether oxygens (including phenoxy) is 1. The van der Waals surface area contributed by atoms with Crippen molar-refractivity contribution in [1.29, 1.82) is 5.26 Å². The quantitative estimate of drug-likeness (QED) is 0.751. The second kappa shape index (κ2) is 4.21. The number of rotatable bonds is 4. The zero-order valence-corrected chi connectivity index (χ0v) is 8.46. The first-order valence-corrected chi connectivity index (χ1v) is 4.80. The molecule has 1 aliphatic heterocycles. The molecule has 5 heteroatoms. The number of carbonyl (C=O) groups is 1. The third-order valence-electron chi connectivity index (χ3n) is 2.38. The topological polar surface area (TPSA) is 73.3 Å². The summed E-state index contributed by atoms with van der Waals surface area (Å²) in [6, 6.07) is 8.31. The number of carboxylic acid groups (broad SMARTS) is 1. The zero-order chi connectivity index (χ0) is 11.5. The second-order valence-corrected chi connectivity index (χ2v) is 3.53. The Morgan fingerprint density at radius 2 is 2.25 bits per heavy atom. The number of hydrogen-bond donors (Lipinski definition) is 1. The Bertz CT molecular complexity index is 436. The molecule has 5 nitrogen and oxygen atoms in total. The fourth-order valence-electron chi connectivity index (χ4n) is 1.34. The van der Waals surface area contributed by atoms with E-state index in [2.05, 4.69) is 0 Å². The molecule has 0 bridgehead atoms. The van der Waals surface area contributed by atoms with Gasteiger partial charge in [0.15, 0.2) is 0 Å². The van der Waals surface area contributed by atoms with E-state index in [1.807, 2.05) is 6.07 Å². The lowest BCUT2D eigenvalue weighted by molar-refractivity contribution is -0.137. The average Bonchev–Trinajstić information content (AvgIpc) is 3.06. The molecule has 0 aliphatic carbocycles. The largest absolute Gasteiger partial charge is 0.480 e. The van der Waals surface area contributed by atoms with Gasteiger partial charge in [0.2, 0.25) is 0 Å². The molecule has 16 heavy (non-hydrogen) atoms. The van der Waals surface area contributed by atoms with Crippen LogP contribution in [-0.2, 0) is 4.79 Å². The van der Waals surface area contributed by atoms with E-state index in [1.54, 1.807) is 29.2 Å². The van der Waals surface area contributed by atoms with E-state index >= 15 is 0 Å². The van der Waals surface area contributed by atoms with Gasteiger partial charge in [0.25, 0.3) is 0 Å². The van der Waals surface area contributed by atoms with Crippen molar-refractivity contribution in [2.24, 2.45) is 0 Å². The summed E-state index contributed by atoms with van der Waals surface area (Å²) in [5.41, 5.74) is 0.572. The lowest BCUT2D eigenvalue weighted by Gasteiger charge is -2.06. The summed E-state index contributed by atoms with van der Waals surface area (Å²) in [5.74, 6) is -0.182. The van der Waals surface area contributed by atoms with Gasteiger partial charge >= 0.3 is 5.97 Å². The average molecular weight is 218 g/mol. The normalized spacial score (nSPS) is 22.2. The van der Waals surface area contributed by atoms with Gasteiger partial charge < -0.3 is 9.84 Å². The molecule has 1 saturated heterocycles. The van der Waals surface area contributed by atoms with Crippen molar-refractivity contribution in [3.63, 3.8) is 0 Å². The van der Waals surface area contributed by atoms with Crippen LogP contribution in [0.15, 0.2) is 24.3 Å². The molecule has 0 radical (unpaired) electrons. The van der Waals surface area contributed by atoms with Gasteiger partial charge in [-0.2, -0.15) is 5.26 Å². The van der Waals surface area contributed by atoms with Crippen molar-refractivity contribution in [2.75, 3.05) is 13.3 Å². The van der Waals surface area contributed by atoms with Crippen LogP contribution in [0.25, 0.3) is 0 Å². The van der Waals surface area contributed by atoms with E-state index in [1.165, 1.54) is 0 Å². The van der Waals surface area contributed by atoms with Crippen LogP contribution in [0.1, 0.15) is 5.56 Å². The van der Waals surface area contributed by atoms with E-state index < -0.39 is 12.0 Å². The maximum atomic E-state index is 10.5. The fraction of sp³-hybridized carbons (Fsp3) is 0.273. The SMILES string of the molecule is N#Cc1ccc(OCN2CC2C(=O)O)cc1. The highest BCUT2D eigenvalue weighted by Crippen LogP contribution is 2.19. The van der Waals surface area contributed by atoms with Crippen LogP contribution in [0.2, 0.25) is 0 Å². The third kappa shape index (κ3) is 2.30. The van der Waals surface area contributed by atoms with Gasteiger partial charge in [0.1, 0.15) is 18.5 Å². The monoisotopic (exact) mass is 218 g/mol. The standard InChI is InChI=1S/C11H10N2O3/c12-5-8-1-3-9(4-2-8)16-7-13-6-10(13)11(14)15/h1-4,10H,6-7H2,(H,14,15). The smallest absolute Gasteiger partial charge is 0.322 e. The third-order valence-corrected chi connectivity index (χ3v) is 2.38. The van der Waals surface area contributed by atoms with Crippen molar-refractivity contribution >= 4 is 5.97 Å². The highest BCUT2D eigenvalue weighted by molar-refractivity contribution is 5.76.